The zero-order valence-electron chi connectivity index (χ0n) is 10.8. The molecule has 3 rings (SSSR count). The monoisotopic (exact) mass is 264 g/mol. The fraction of sp³-hybridized carbons (Fsp3) is 0.538. The van der Waals surface area contributed by atoms with E-state index in [2.05, 4.69) is 14.6 Å². The van der Waals surface area contributed by atoms with E-state index in [0.717, 1.165) is 35.8 Å². The van der Waals surface area contributed by atoms with E-state index < -0.39 is 0 Å². The van der Waals surface area contributed by atoms with E-state index >= 15 is 0 Å². The Morgan fingerprint density at radius 1 is 1.33 bits per heavy atom. The lowest BCUT2D eigenvalue weighted by Gasteiger charge is -2.14. The van der Waals surface area contributed by atoms with Gasteiger partial charge in [0.1, 0.15) is 0 Å². The van der Waals surface area contributed by atoms with E-state index in [4.69, 9.17) is 11.6 Å². The van der Waals surface area contributed by atoms with Crippen LogP contribution in [0.1, 0.15) is 35.6 Å². The molecule has 0 aromatic carbocycles. The molecule has 0 bridgehead atoms. The van der Waals surface area contributed by atoms with Crippen LogP contribution in [0.4, 0.5) is 0 Å². The van der Waals surface area contributed by atoms with Gasteiger partial charge < -0.3 is 4.57 Å². The van der Waals surface area contributed by atoms with Crippen molar-refractivity contribution in [3.63, 3.8) is 0 Å². The highest BCUT2D eigenvalue weighted by Gasteiger charge is 2.18. The summed E-state index contributed by atoms with van der Waals surface area (Å²) in [4.78, 5) is 4.51. The number of imidazole rings is 1. The van der Waals surface area contributed by atoms with Gasteiger partial charge in [-0.3, -0.25) is 4.68 Å². The lowest BCUT2D eigenvalue weighted by Crippen LogP contribution is -2.11. The fourth-order valence-electron chi connectivity index (χ4n) is 2.68. The molecule has 0 spiro atoms. The van der Waals surface area contributed by atoms with Crippen molar-refractivity contribution in [2.75, 3.05) is 0 Å². The van der Waals surface area contributed by atoms with E-state index in [0.29, 0.717) is 0 Å². The molecular weight excluding hydrogens is 248 g/mol. The lowest BCUT2D eigenvalue weighted by atomic mass is 10.0. The third-order valence-electron chi connectivity index (χ3n) is 3.69. The number of fused-ring (bicyclic) bond motifs is 1. The summed E-state index contributed by atoms with van der Waals surface area (Å²) in [7, 11) is 1.94. The highest BCUT2D eigenvalue weighted by atomic mass is 35.5. The second kappa shape index (κ2) is 4.43. The molecule has 1 aliphatic rings. The van der Waals surface area contributed by atoms with Crippen LogP contribution in [-0.4, -0.2) is 19.3 Å². The third-order valence-corrected chi connectivity index (χ3v) is 4.18. The van der Waals surface area contributed by atoms with Crippen LogP contribution in [0.3, 0.4) is 0 Å². The van der Waals surface area contributed by atoms with Crippen LogP contribution in [0, 0.1) is 6.92 Å². The average molecular weight is 265 g/mol. The summed E-state index contributed by atoms with van der Waals surface area (Å²) < 4.78 is 4.09. The van der Waals surface area contributed by atoms with Crippen molar-refractivity contribution in [1.29, 1.82) is 0 Å². The summed E-state index contributed by atoms with van der Waals surface area (Å²) in [6.07, 6.45) is 6.70. The van der Waals surface area contributed by atoms with Crippen molar-refractivity contribution >= 4 is 11.6 Å². The Morgan fingerprint density at radius 2 is 2.11 bits per heavy atom. The van der Waals surface area contributed by atoms with Crippen LogP contribution in [0.25, 0.3) is 0 Å². The fourth-order valence-corrected chi connectivity index (χ4v) is 2.90. The Balaban J connectivity index is 1.95. The molecule has 0 amide bonds. The SMILES string of the molecule is Cc1nn(C)c(Cn2cnc3c2CCCC3)c1Cl. The molecule has 4 nitrogen and oxygen atoms in total. The highest BCUT2D eigenvalue weighted by molar-refractivity contribution is 6.31. The van der Waals surface area contributed by atoms with Crippen molar-refractivity contribution in [3.05, 3.63) is 34.1 Å². The number of rotatable bonds is 2. The van der Waals surface area contributed by atoms with Gasteiger partial charge in [-0.1, -0.05) is 11.6 Å². The van der Waals surface area contributed by atoms with Gasteiger partial charge in [0, 0.05) is 12.7 Å². The molecule has 0 unspecified atom stereocenters. The molecule has 96 valence electrons. The molecule has 5 heteroatoms. The summed E-state index contributed by atoms with van der Waals surface area (Å²) in [5.74, 6) is 0. The highest BCUT2D eigenvalue weighted by Crippen LogP contribution is 2.24. The zero-order valence-corrected chi connectivity index (χ0v) is 11.5. The van der Waals surface area contributed by atoms with Gasteiger partial charge in [-0.2, -0.15) is 5.10 Å². The number of nitrogens with zero attached hydrogens (tertiary/aromatic N) is 4. The van der Waals surface area contributed by atoms with Gasteiger partial charge in [-0.05, 0) is 32.6 Å². The van der Waals surface area contributed by atoms with Gasteiger partial charge in [0.25, 0.3) is 0 Å². The average Bonchev–Trinajstić information content (AvgIpc) is 2.87. The second-order valence-electron chi connectivity index (χ2n) is 4.94. The van der Waals surface area contributed by atoms with E-state index in [1.165, 1.54) is 24.2 Å². The Hall–Kier alpha value is -1.29. The first-order valence-electron chi connectivity index (χ1n) is 6.37. The van der Waals surface area contributed by atoms with E-state index in [1.54, 1.807) is 0 Å². The molecule has 0 fully saturated rings. The van der Waals surface area contributed by atoms with E-state index in [9.17, 15) is 0 Å². The molecule has 0 saturated carbocycles. The van der Waals surface area contributed by atoms with Gasteiger partial charge in [0.05, 0.1) is 35.0 Å². The number of hydrogen-bond donors (Lipinski definition) is 0. The summed E-state index contributed by atoms with van der Waals surface area (Å²) in [6, 6.07) is 0. The van der Waals surface area contributed by atoms with Gasteiger partial charge in [0.2, 0.25) is 0 Å². The maximum absolute atomic E-state index is 6.30. The first-order chi connectivity index (χ1) is 8.66. The molecule has 1 aliphatic carbocycles. The predicted octanol–water partition coefficient (Wildman–Crippen LogP) is 2.51. The van der Waals surface area contributed by atoms with Crippen LogP contribution < -0.4 is 0 Å². The second-order valence-corrected chi connectivity index (χ2v) is 5.32. The maximum atomic E-state index is 6.30. The van der Waals surface area contributed by atoms with Crippen LogP contribution in [0.2, 0.25) is 5.02 Å². The van der Waals surface area contributed by atoms with Crippen molar-refractivity contribution in [2.24, 2.45) is 7.05 Å². The van der Waals surface area contributed by atoms with Crippen LogP contribution in [-0.2, 0) is 26.4 Å². The van der Waals surface area contributed by atoms with Gasteiger partial charge >= 0.3 is 0 Å². The molecule has 0 atom stereocenters. The number of hydrogen-bond acceptors (Lipinski definition) is 2. The Kier molecular flexibility index (Phi) is 2.90. The van der Waals surface area contributed by atoms with Gasteiger partial charge in [-0.25, -0.2) is 4.98 Å². The zero-order chi connectivity index (χ0) is 12.7. The molecule has 0 aliphatic heterocycles. The lowest BCUT2D eigenvalue weighted by molar-refractivity contribution is 0.607. The first-order valence-corrected chi connectivity index (χ1v) is 6.75. The van der Waals surface area contributed by atoms with E-state index in [1.807, 2.05) is 25.0 Å². The summed E-state index contributed by atoms with van der Waals surface area (Å²) in [6.45, 7) is 2.70. The normalized spacial score (nSPS) is 14.8. The van der Waals surface area contributed by atoms with E-state index in [-0.39, 0.29) is 0 Å². The first kappa shape index (κ1) is 11.8. The maximum Gasteiger partial charge on any atom is 0.0955 e. The van der Waals surface area contributed by atoms with Crippen molar-refractivity contribution < 1.29 is 0 Å². The quantitative estimate of drug-likeness (QED) is 0.836. The molecule has 2 aromatic rings. The minimum atomic E-state index is 0.762. The predicted molar refractivity (Wildman–Crippen MR) is 70.9 cm³/mol. The number of aromatic nitrogens is 4. The minimum absolute atomic E-state index is 0.762. The Morgan fingerprint density at radius 3 is 2.83 bits per heavy atom. The molecular formula is C13H17ClN4. The van der Waals surface area contributed by atoms with Crippen molar-refractivity contribution in [2.45, 2.75) is 39.2 Å². The molecule has 0 saturated heterocycles. The van der Waals surface area contributed by atoms with Crippen LogP contribution in [0.5, 0.6) is 0 Å². The van der Waals surface area contributed by atoms with Gasteiger partial charge in [-0.15, -0.1) is 0 Å². The Labute approximate surface area is 112 Å². The smallest absolute Gasteiger partial charge is 0.0955 e. The van der Waals surface area contributed by atoms with Crippen LogP contribution >= 0.6 is 11.6 Å². The summed E-state index contributed by atoms with van der Waals surface area (Å²) in [5.41, 5.74) is 4.58. The standard InChI is InChI=1S/C13H17ClN4/c1-9-13(14)12(17(2)16-9)7-18-8-15-10-5-3-4-6-11(10)18/h8H,3-7H2,1-2H3. The number of aryl methyl sites for hydroxylation is 3. The van der Waals surface area contributed by atoms with Crippen molar-refractivity contribution in [1.82, 2.24) is 19.3 Å². The largest absolute Gasteiger partial charge is 0.328 e. The summed E-state index contributed by atoms with van der Waals surface area (Å²) in [5, 5.41) is 5.13. The number of halogens is 1. The van der Waals surface area contributed by atoms with Crippen LogP contribution in [0.15, 0.2) is 6.33 Å². The third kappa shape index (κ3) is 1.85. The minimum Gasteiger partial charge on any atom is -0.328 e. The molecule has 18 heavy (non-hydrogen) atoms. The summed E-state index contributed by atoms with van der Waals surface area (Å²) >= 11 is 6.30. The molecule has 2 aromatic heterocycles. The van der Waals surface area contributed by atoms with Gasteiger partial charge in [0.15, 0.2) is 0 Å². The van der Waals surface area contributed by atoms with Crippen molar-refractivity contribution in [3.8, 4) is 0 Å². The molecule has 0 N–H and O–H groups in total. The molecule has 2 heterocycles. The topological polar surface area (TPSA) is 35.6 Å². The molecule has 0 radical (unpaired) electrons. The Bertz CT molecular complexity index is 582.